The van der Waals surface area contributed by atoms with Crippen LogP contribution in [0.4, 0.5) is 0 Å². The minimum absolute atomic E-state index is 0.0367. The summed E-state index contributed by atoms with van der Waals surface area (Å²) in [6.45, 7) is 2.53. The van der Waals surface area contributed by atoms with Gasteiger partial charge in [0, 0.05) is 24.3 Å². The number of carbonyl (C=O) groups is 2. The van der Waals surface area contributed by atoms with Crippen LogP contribution in [0.1, 0.15) is 45.4 Å². The number of carbonyl (C=O) groups excluding carboxylic acids is 2. The number of hydrogen-bond acceptors (Lipinski definition) is 3. The lowest BCUT2D eigenvalue weighted by molar-refractivity contribution is -0.141. The molecule has 3 atom stereocenters. The highest BCUT2D eigenvalue weighted by atomic mass is 32.2. The van der Waals surface area contributed by atoms with E-state index in [0.717, 1.165) is 25.7 Å². The Kier molecular flexibility index (Phi) is 3.73. The maximum absolute atomic E-state index is 13.0. The topological polar surface area (TPSA) is 49.4 Å². The molecule has 0 aromatic rings. The van der Waals surface area contributed by atoms with Crippen LogP contribution in [-0.2, 0) is 9.59 Å². The highest BCUT2D eigenvalue weighted by molar-refractivity contribution is 7.99. The Labute approximate surface area is 125 Å². The van der Waals surface area contributed by atoms with Gasteiger partial charge in [-0.3, -0.25) is 9.59 Å². The molecule has 5 heteroatoms. The first-order valence-electron chi connectivity index (χ1n) is 7.69. The molecule has 4 nitrogen and oxygen atoms in total. The second-order valence-electron chi connectivity index (χ2n) is 6.60. The van der Waals surface area contributed by atoms with E-state index in [0.29, 0.717) is 30.2 Å². The molecule has 1 saturated heterocycles. The van der Waals surface area contributed by atoms with Crippen molar-refractivity contribution in [3.63, 3.8) is 0 Å². The highest BCUT2D eigenvalue weighted by Crippen LogP contribution is 2.42. The van der Waals surface area contributed by atoms with E-state index < -0.39 is 5.54 Å². The van der Waals surface area contributed by atoms with E-state index in [2.05, 4.69) is 11.6 Å². The summed E-state index contributed by atoms with van der Waals surface area (Å²) < 4.78 is 0. The molecule has 3 rings (SSSR count). The molecule has 2 amide bonds. The quantitative estimate of drug-likeness (QED) is 0.864. The van der Waals surface area contributed by atoms with Crippen molar-refractivity contribution in [1.82, 2.24) is 10.2 Å². The number of hydrogen-bond donors (Lipinski definition) is 1. The Balaban J connectivity index is 1.79. The zero-order valence-corrected chi connectivity index (χ0v) is 13.2. The minimum atomic E-state index is -0.648. The van der Waals surface area contributed by atoms with Crippen LogP contribution in [0.3, 0.4) is 0 Å². The smallest absolute Gasteiger partial charge is 0.248 e. The van der Waals surface area contributed by atoms with Crippen molar-refractivity contribution in [2.45, 2.75) is 62.3 Å². The van der Waals surface area contributed by atoms with E-state index in [4.69, 9.17) is 0 Å². The molecule has 3 fully saturated rings. The summed E-state index contributed by atoms with van der Waals surface area (Å²) >= 11 is 1.91. The zero-order valence-electron chi connectivity index (χ0n) is 12.4. The average Bonchev–Trinajstić information content (AvgIpc) is 3.19. The first kappa shape index (κ1) is 14.2. The largest absolute Gasteiger partial charge is 0.342 e. The van der Waals surface area contributed by atoms with Gasteiger partial charge in [0.1, 0.15) is 5.54 Å². The predicted octanol–water partition coefficient (Wildman–Crippen LogP) is 1.79. The van der Waals surface area contributed by atoms with Crippen molar-refractivity contribution in [2.75, 3.05) is 12.8 Å². The molecule has 2 aliphatic carbocycles. The molecule has 3 aliphatic rings. The van der Waals surface area contributed by atoms with Crippen LogP contribution in [0.5, 0.6) is 0 Å². The summed E-state index contributed by atoms with van der Waals surface area (Å²) in [5.41, 5.74) is -0.648. The van der Waals surface area contributed by atoms with Gasteiger partial charge < -0.3 is 10.2 Å². The molecule has 112 valence electrons. The van der Waals surface area contributed by atoms with Gasteiger partial charge in [-0.2, -0.15) is 11.8 Å². The lowest BCUT2D eigenvalue weighted by Crippen LogP contribution is -2.58. The molecule has 0 aromatic heterocycles. The van der Waals surface area contributed by atoms with Crippen LogP contribution in [-0.4, -0.2) is 46.3 Å². The monoisotopic (exact) mass is 296 g/mol. The van der Waals surface area contributed by atoms with Gasteiger partial charge in [-0.25, -0.2) is 0 Å². The van der Waals surface area contributed by atoms with Crippen LogP contribution in [0, 0.1) is 5.92 Å². The third-order valence-electron chi connectivity index (χ3n) is 5.21. The normalized spacial score (nSPS) is 38.8. The Morgan fingerprint density at radius 2 is 2.00 bits per heavy atom. The van der Waals surface area contributed by atoms with Gasteiger partial charge in [-0.1, -0.05) is 0 Å². The van der Waals surface area contributed by atoms with Gasteiger partial charge in [0.25, 0.3) is 0 Å². The van der Waals surface area contributed by atoms with Crippen molar-refractivity contribution >= 4 is 23.6 Å². The van der Waals surface area contributed by atoms with Crippen LogP contribution in [0.25, 0.3) is 0 Å². The van der Waals surface area contributed by atoms with Crippen LogP contribution in [0.15, 0.2) is 0 Å². The number of nitrogens with one attached hydrogen (secondary N) is 1. The van der Waals surface area contributed by atoms with E-state index >= 15 is 0 Å². The van der Waals surface area contributed by atoms with Gasteiger partial charge in [-0.05, 0) is 51.2 Å². The van der Waals surface area contributed by atoms with Gasteiger partial charge in [0.2, 0.25) is 11.8 Å². The minimum Gasteiger partial charge on any atom is -0.342 e. The zero-order chi connectivity index (χ0) is 14.3. The number of nitrogens with zero attached hydrogens (tertiary/aromatic N) is 1. The third-order valence-corrected chi connectivity index (χ3v) is 6.30. The molecule has 0 spiro atoms. The summed E-state index contributed by atoms with van der Waals surface area (Å²) in [5, 5.41) is 3.68. The molecule has 1 heterocycles. The molecule has 3 unspecified atom stereocenters. The summed E-state index contributed by atoms with van der Waals surface area (Å²) in [6.07, 6.45) is 8.10. The third kappa shape index (κ3) is 2.45. The molecule has 1 N–H and O–H groups in total. The van der Waals surface area contributed by atoms with E-state index in [1.54, 1.807) is 0 Å². The fourth-order valence-corrected chi connectivity index (χ4v) is 4.51. The van der Waals surface area contributed by atoms with Crippen LogP contribution in [0.2, 0.25) is 0 Å². The fraction of sp³-hybridized carbons (Fsp3) is 0.867. The molecule has 1 aliphatic heterocycles. The van der Waals surface area contributed by atoms with Crippen molar-refractivity contribution in [3.05, 3.63) is 0 Å². The average molecular weight is 296 g/mol. The summed E-state index contributed by atoms with van der Waals surface area (Å²) in [4.78, 5) is 27.0. The second-order valence-corrected chi connectivity index (χ2v) is 7.74. The van der Waals surface area contributed by atoms with Crippen molar-refractivity contribution < 1.29 is 9.59 Å². The maximum atomic E-state index is 13.0. The molecular weight excluding hydrogens is 272 g/mol. The highest BCUT2D eigenvalue weighted by Gasteiger charge is 2.52. The lowest BCUT2D eigenvalue weighted by Gasteiger charge is -2.35. The predicted molar refractivity (Wildman–Crippen MR) is 80.5 cm³/mol. The molecule has 20 heavy (non-hydrogen) atoms. The fourth-order valence-electron chi connectivity index (χ4n) is 3.73. The van der Waals surface area contributed by atoms with E-state index in [1.807, 2.05) is 23.6 Å². The van der Waals surface area contributed by atoms with Gasteiger partial charge in [0.05, 0.1) is 0 Å². The lowest BCUT2D eigenvalue weighted by atomic mass is 9.93. The van der Waals surface area contributed by atoms with Crippen molar-refractivity contribution in [1.29, 1.82) is 0 Å². The SMILES string of the molecule is CSC1CCC(N2CCC(=O)NC(C)(C3CC3)C2=O)C1. The first-order valence-corrected chi connectivity index (χ1v) is 8.98. The molecule has 0 aromatic carbocycles. The van der Waals surface area contributed by atoms with Crippen LogP contribution >= 0.6 is 11.8 Å². The van der Waals surface area contributed by atoms with Gasteiger partial charge in [-0.15, -0.1) is 0 Å². The van der Waals surface area contributed by atoms with Crippen molar-refractivity contribution in [2.24, 2.45) is 5.92 Å². The standard InChI is InChI=1S/C15H24N2O2S/c1-15(10-3-4-10)14(19)17(8-7-13(18)16-15)11-5-6-12(9-11)20-2/h10-12H,3-9H2,1-2H3,(H,16,18). The number of thioether (sulfide) groups is 1. The van der Waals surface area contributed by atoms with E-state index in [1.165, 1.54) is 6.42 Å². The molecular formula is C15H24N2O2S. The molecule has 0 radical (unpaired) electrons. The van der Waals surface area contributed by atoms with Gasteiger partial charge >= 0.3 is 0 Å². The first-order chi connectivity index (χ1) is 9.54. The maximum Gasteiger partial charge on any atom is 0.248 e. The van der Waals surface area contributed by atoms with Gasteiger partial charge in [0.15, 0.2) is 0 Å². The second kappa shape index (κ2) is 5.24. The van der Waals surface area contributed by atoms with E-state index in [-0.39, 0.29) is 11.8 Å². The van der Waals surface area contributed by atoms with Crippen LogP contribution < -0.4 is 5.32 Å². The molecule has 2 saturated carbocycles. The Morgan fingerprint density at radius 3 is 2.60 bits per heavy atom. The Bertz CT molecular complexity index is 424. The summed E-state index contributed by atoms with van der Waals surface area (Å²) in [5.74, 6) is 0.546. The van der Waals surface area contributed by atoms with E-state index in [9.17, 15) is 9.59 Å². The summed E-state index contributed by atoms with van der Waals surface area (Å²) in [6, 6.07) is 0.339. The molecule has 0 bridgehead atoms. The summed E-state index contributed by atoms with van der Waals surface area (Å²) in [7, 11) is 0. The number of rotatable bonds is 3. The number of amides is 2. The van der Waals surface area contributed by atoms with Crippen molar-refractivity contribution in [3.8, 4) is 0 Å². The Hall–Kier alpha value is -0.710. The Morgan fingerprint density at radius 1 is 1.25 bits per heavy atom.